The summed E-state index contributed by atoms with van der Waals surface area (Å²) in [6, 6.07) is 17.8. The molecule has 0 fully saturated rings. The van der Waals surface area contributed by atoms with Crippen LogP contribution in [0.25, 0.3) is 0 Å². The van der Waals surface area contributed by atoms with Gasteiger partial charge >= 0.3 is 0 Å². The highest BCUT2D eigenvalue weighted by Gasteiger charge is 2.07. The van der Waals surface area contributed by atoms with Gasteiger partial charge in [-0.25, -0.2) is 0 Å². The van der Waals surface area contributed by atoms with Crippen molar-refractivity contribution in [3.8, 4) is 0 Å². The standard InChI is InChI=1S/C19H20N4O/c1-13(2)15-10-8-14(9-11-15)12-17-18(24)21-19(23-22-17)20-16-6-4-3-5-7-16/h3-11,13H,12H2,1-2H3,(H2,20,21,23,24). The quantitative estimate of drug-likeness (QED) is 0.753. The Hall–Kier alpha value is -2.95. The van der Waals surface area contributed by atoms with Crippen LogP contribution in [0.3, 0.4) is 0 Å². The van der Waals surface area contributed by atoms with Gasteiger partial charge in [0.2, 0.25) is 5.95 Å². The van der Waals surface area contributed by atoms with Crippen LogP contribution in [0.4, 0.5) is 11.6 Å². The Bertz CT molecular complexity index is 855. The molecule has 1 heterocycles. The van der Waals surface area contributed by atoms with Gasteiger partial charge in [-0.1, -0.05) is 56.3 Å². The fraction of sp³-hybridized carbons (Fsp3) is 0.211. The van der Waals surface area contributed by atoms with E-state index in [4.69, 9.17) is 0 Å². The van der Waals surface area contributed by atoms with Crippen molar-refractivity contribution in [1.29, 1.82) is 0 Å². The molecule has 0 saturated heterocycles. The van der Waals surface area contributed by atoms with Crippen molar-refractivity contribution < 1.29 is 0 Å². The maximum Gasteiger partial charge on any atom is 0.274 e. The molecule has 2 N–H and O–H groups in total. The summed E-state index contributed by atoms with van der Waals surface area (Å²) in [5, 5.41) is 11.2. The number of aromatic amines is 1. The minimum absolute atomic E-state index is 0.226. The van der Waals surface area contributed by atoms with E-state index in [1.165, 1.54) is 5.56 Å². The van der Waals surface area contributed by atoms with E-state index >= 15 is 0 Å². The van der Waals surface area contributed by atoms with Gasteiger partial charge in [-0.3, -0.25) is 9.78 Å². The van der Waals surface area contributed by atoms with Crippen molar-refractivity contribution in [1.82, 2.24) is 15.2 Å². The summed E-state index contributed by atoms with van der Waals surface area (Å²) in [5.74, 6) is 0.829. The molecule has 0 aliphatic carbocycles. The number of nitrogens with one attached hydrogen (secondary N) is 2. The Labute approximate surface area is 140 Å². The van der Waals surface area contributed by atoms with Crippen LogP contribution >= 0.6 is 0 Å². The number of hydrogen-bond donors (Lipinski definition) is 2. The molecule has 3 aromatic rings. The monoisotopic (exact) mass is 320 g/mol. The second-order valence-electron chi connectivity index (χ2n) is 6.01. The van der Waals surface area contributed by atoms with Crippen LogP contribution in [0.15, 0.2) is 59.4 Å². The highest BCUT2D eigenvalue weighted by atomic mass is 16.1. The highest BCUT2D eigenvalue weighted by molar-refractivity contribution is 5.51. The molecule has 5 nitrogen and oxygen atoms in total. The van der Waals surface area contributed by atoms with Crippen LogP contribution in [-0.2, 0) is 6.42 Å². The zero-order valence-corrected chi connectivity index (χ0v) is 13.8. The zero-order valence-electron chi connectivity index (χ0n) is 13.8. The van der Waals surface area contributed by atoms with Gasteiger partial charge in [0.15, 0.2) is 0 Å². The van der Waals surface area contributed by atoms with Crippen molar-refractivity contribution in [2.24, 2.45) is 0 Å². The second kappa shape index (κ2) is 7.08. The summed E-state index contributed by atoms with van der Waals surface area (Å²) in [7, 11) is 0. The highest BCUT2D eigenvalue weighted by Crippen LogP contribution is 2.15. The van der Waals surface area contributed by atoms with Gasteiger partial charge in [-0.05, 0) is 29.2 Å². The Morgan fingerprint density at radius 3 is 2.33 bits per heavy atom. The van der Waals surface area contributed by atoms with Gasteiger partial charge in [-0.2, -0.15) is 0 Å². The van der Waals surface area contributed by atoms with E-state index in [1.807, 2.05) is 42.5 Å². The third-order valence-electron chi connectivity index (χ3n) is 3.82. The fourth-order valence-electron chi connectivity index (χ4n) is 2.40. The maximum atomic E-state index is 12.2. The molecule has 3 rings (SSSR count). The predicted octanol–water partition coefficient (Wildman–Crippen LogP) is 3.62. The third-order valence-corrected chi connectivity index (χ3v) is 3.82. The summed E-state index contributed by atoms with van der Waals surface area (Å²) < 4.78 is 0. The molecular formula is C19H20N4O. The molecule has 1 aromatic heterocycles. The first-order valence-electron chi connectivity index (χ1n) is 7.98. The van der Waals surface area contributed by atoms with Crippen LogP contribution in [0.5, 0.6) is 0 Å². The Kier molecular flexibility index (Phi) is 4.70. The number of rotatable bonds is 5. The Balaban J connectivity index is 1.74. The van der Waals surface area contributed by atoms with Crippen LogP contribution in [0, 0.1) is 0 Å². The van der Waals surface area contributed by atoms with Crippen molar-refractivity contribution in [2.75, 3.05) is 5.32 Å². The summed E-state index contributed by atoms with van der Waals surface area (Å²) in [4.78, 5) is 14.9. The maximum absolute atomic E-state index is 12.2. The minimum atomic E-state index is -0.226. The molecule has 0 aliphatic rings. The molecule has 0 aliphatic heterocycles. The van der Waals surface area contributed by atoms with Crippen molar-refractivity contribution in [2.45, 2.75) is 26.2 Å². The smallest absolute Gasteiger partial charge is 0.274 e. The Morgan fingerprint density at radius 2 is 1.71 bits per heavy atom. The van der Waals surface area contributed by atoms with Gasteiger partial charge in [0, 0.05) is 12.1 Å². The van der Waals surface area contributed by atoms with Crippen LogP contribution < -0.4 is 10.9 Å². The molecule has 24 heavy (non-hydrogen) atoms. The first-order valence-corrected chi connectivity index (χ1v) is 7.98. The summed E-state index contributed by atoms with van der Waals surface area (Å²) in [6.07, 6.45) is 0.465. The first kappa shape index (κ1) is 15.9. The molecule has 0 bridgehead atoms. The Morgan fingerprint density at radius 1 is 1.00 bits per heavy atom. The normalized spacial score (nSPS) is 10.8. The SMILES string of the molecule is CC(C)c1ccc(Cc2nnc(Nc3ccccc3)[nH]c2=O)cc1. The largest absolute Gasteiger partial charge is 0.324 e. The first-order chi connectivity index (χ1) is 11.6. The number of anilines is 2. The molecule has 0 atom stereocenters. The molecule has 122 valence electrons. The van der Waals surface area contributed by atoms with Crippen molar-refractivity contribution in [3.05, 3.63) is 81.8 Å². The van der Waals surface area contributed by atoms with E-state index in [0.717, 1.165) is 11.3 Å². The lowest BCUT2D eigenvalue weighted by Crippen LogP contribution is -2.18. The summed E-state index contributed by atoms with van der Waals surface area (Å²) in [5.41, 5.74) is 3.35. The van der Waals surface area contributed by atoms with E-state index in [2.05, 4.69) is 46.5 Å². The molecular weight excluding hydrogens is 300 g/mol. The molecule has 2 aromatic carbocycles. The van der Waals surface area contributed by atoms with Crippen LogP contribution in [0.1, 0.15) is 36.6 Å². The average Bonchev–Trinajstić information content (AvgIpc) is 2.59. The number of hydrogen-bond acceptors (Lipinski definition) is 4. The number of aromatic nitrogens is 3. The molecule has 0 radical (unpaired) electrons. The number of para-hydroxylation sites is 1. The van der Waals surface area contributed by atoms with E-state index in [9.17, 15) is 4.79 Å². The topological polar surface area (TPSA) is 70.7 Å². The van der Waals surface area contributed by atoms with Gasteiger partial charge in [0.05, 0.1) is 0 Å². The molecule has 0 spiro atoms. The van der Waals surface area contributed by atoms with Gasteiger partial charge in [0.25, 0.3) is 5.56 Å². The van der Waals surface area contributed by atoms with Gasteiger partial charge in [0.1, 0.15) is 5.69 Å². The summed E-state index contributed by atoms with van der Waals surface area (Å²) in [6.45, 7) is 4.31. The number of benzene rings is 2. The number of nitrogens with zero attached hydrogens (tertiary/aromatic N) is 2. The van der Waals surface area contributed by atoms with Crippen LogP contribution in [-0.4, -0.2) is 15.2 Å². The minimum Gasteiger partial charge on any atom is -0.324 e. The second-order valence-corrected chi connectivity index (χ2v) is 6.01. The lowest BCUT2D eigenvalue weighted by atomic mass is 10.0. The summed E-state index contributed by atoms with van der Waals surface area (Å²) >= 11 is 0. The van der Waals surface area contributed by atoms with Gasteiger partial charge < -0.3 is 5.32 Å². The number of H-pyrrole nitrogens is 1. The molecule has 0 amide bonds. The molecule has 0 unspecified atom stereocenters. The lowest BCUT2D eigenvalue weighted by molar-refractivity contribution is 0.858. The van der Waals surface area contributed by atoms with Crippen molar-refractivity contribution in [3.63, 3.8) is 0 Å². The third kappa shape index (κ3) is 3.87. The van der Waals surface area contributed by atoms with E-state index in [1.54, 1.807) is 0 Å². The van der Waals surface area contributed by atoms with E-state index in [0.29, 0.717) is 24.0 Å². The van der Waals surface area contributed by atoms with Gasteiger partial charge in [-0.15, -0.1) is 10.2 Å². The predicted molar refractivity (Wildman–Crippen MR) is 95.7 cm³/mol. The van der Waals surface area contributed by atoms with Crippen LogP contribution in [0.2, 0.25) is 0 Å². The zero-order chi connectivity index (χ0) is 16.9. The molecule has 0 saturated carbocycles. The van der Waals surface area contributed by atoms with Crippen molar-refractivity contribution >= 4 is 11.6 Å². The fourth-order valence-corrected chi connectivity index (χ4v) is 2.40. The molecule has 5 heteroatoms. The average molecular weight is 320 g/mol. The lowest BCUT2D eigenvalue weighted by Gasteiger charge is -2.07. The van der Waals surface area contributed by atoms with E-state index in [-0.39, 0.29) is 5.56 Å². The van der Waals surface area contributed by atoms with E-state index < -0.39 is 0 Å².